The SMILES string of the molecule is C1=CCc2ccccc2C1.[HH]. The van der Waals surface area contributed by atoms with E-state index >= 15 is 0 Å². The van der Waals surface area contributed by atoms with Gasteiger partial charge in [0.25, 0.3) is 0 Å². The third kappa shape index (κ3) is 0.860. The summed E-state index contributed by atoms with van der Waals surface area (Å²) in [5.41, 5.74) is 2.98. The Hall–Kier alpha value is -1.04. The molecule has 0 amide bonds. The molecule has 0 radical (unpaired) electrons. The Labute approximate surface area is 62.7 Å². The van der Waals surface area contributed by atoms with Crippen molar-refractivity contribution >= 4 is 0 Å². The van der Waals surface area contributed by atoms with Crippen molar-refractivity contribution < 1.29 is 1.43 Å². The van der Waals surface area contributed by atoms with Gasteiger partial charge in [0, 0.05) is 1.43 Å². The smallest absolute Gasteiger partial charge is 0 e. The summed E-state index contributed by atoms with van der Waals surface area (Å²) in [5.74, 6) is 0. The molecule has 0 saturated heterocycles. The topological polar surface area (TPSA) is 0 Å². The maximum atomic E-state index is 2.24. The Kier molecular flexibility index (Phi) is 1.31. The van der Waals surface area contributed by atoms with Crippen LogP contribution in [0.5, 0.6) is 0 Å². The summed E-state index contributed by atoms with van der Waals surface area (Å²) in [5, 5.41) is 0. The first-order valence-electron chi connectivity index (χ1n) is 3.68. The van der Waals surface area contributed by atoms with Gasteiger partial charge >= 0.3 is 0 Å². The van der Waals surface area contributed by atoms with Gasteiger partial charge in [0.15, 0.2) is 0 Å². The molecule has 2 rings (SSSR count). The van der Waals surface area contributed by atoms with Crippen LogP contribution >= 0.6 is 0 Å². The van der Waals surface area contributed by atoms with Crippen LogP contribution in [0.1, 0.15) is 12.6 Å². The van der Waals surface area contributed by atoms with Gasteiger partial charge in [0.2, 0.25) is 0 Å². The standard InChI is InChI=1S/C10H10.H2/c1-2-6-10-8-4-3-7-9(10)5-1;/h1-6H,7-8H2;1H. The minimum atomic E-state index is 0. The van der Waals surface area contributed by atoms with Crippen molar-refractivity contribution in [1.82, 2.24) is 0 Å². The van der Waals surface area contributed by atoms with Gasteiger partial charge in [-0.05, 0) is 24.0 Å². The van der Waals surface area contributed by atoms with Crippen LogP contribution < -0.4 is 0 Å². The van der Waals surface area contributed by atoms with E-state index in [1.54, 1.807) is 0 Å². The van der Waals surface area contributed by atoms with Crippen molar-refractivity contribution in [2.75, 3.05) is 0 Å². The molecule has 0 unspecified atom stereocenters. The highest BCUT2D eigenvalue weighted by Crippen LogP contribution is 2.14. The molecule has 10 heavy (non-hydrogen) atoms. The molecule has 1 aromatic rings. The molecule has 0 heteroatoms. The molecule has 0 bridgehead atoms. The summed E-state index contributed by atoms with van der Waals surface area (Å²) in [6.45, 7) is 0. The van der Waals surface area contributed by atoms with Crippen molar-refractivity contribution in [3.8, 4) is 0 Å². The predicted molar refractivity (Wildman–Crippen MR) is 45.1 cm³/mol. The lowest BCUT2D eigenvalue weighted by atomic mass is 9.97. The molecule has 1 aliphatic rings. The van der Waals surface area contributed by atoms with E-state index < -0.39 is 0 Å². The first-order chi connectivity index (χ1) is 4.97. The van der Waals surface area contributed by atoms with Crippen molar-refractivity contribution in [2.45, 2.75) is 12.8 Å². The van der Waals surface area contributed by atoms with Crippen LogP contribution in [0.25, 0.3) is 0 Å². The molecule has 0 aliphatic heterocycles. The van der Waals surface area contributed by atoms with Gasteiger partial charge in [-0.1, -0.05) is 36.4 Å². The molecule has 0 saturated carbocycles. The third-order valence-electron chi connectivity index (χ3n) is 1.96. The van der Waals surface area contributed by atoms with E-state index in [1.165, 1.54) is 11.1 Å². The molecule has 0 N–H and O–H groups in total. The zero-order valence-corrected chi connectivity index (χ0v) is 5.88. The lowest BCUT2D eigenvalue weighted by Gasteiger charge is -2.08. The summed E-state index contributed by atoms with van der Waals surface area (Å²) in [6, 6.07) is 8.63. The Morgan fingerprint density at radius 3 is 1.90 bits per heavy atom. The minimum Gasteiger partial charge on any atom is -0.0838 e. The highest BCUT2D eigenvalue weighted by Gasteiger charge is 2.00. The van der Waals surface area contributed by atoms with Crippen LogP contribution in [0, 0.1) is 0 Å². The average Bonchev–Trinajstić information content (AvgIpc) is 2.05. The second-order valence-corrected chi connectivity index (χ2v) is 2.65. The Morgan fingerprint density at radius 2 is 1.40 bits per heavy atom. The van der Waals surface area contributed by atoms with Gasteiger partial charge in [-0.25, -0.2) is 0 Å². The van der Waals surface area contributed by atoms with E-state index in [1.807, 2.05) is 0 Å². The van der Waals surface area contributed by atoms with E-state index in [0.29, 0.717) is 0 Å². The second-order valence-electron chi connectivity index (χ2n) is 2.65. The largest absolute Gasteiger partial charge is 0.0838 e. The zero-order valence-electron chi connectivity index (χ0n) is 5.88. The third-order valence-corrected chi connectivity index (χ3v) is 1.96. The van der Waals surface area contributed by atoms with Crippen LogP contribution in [0.3, 0.4) is 0 Å². The first-order valence-corrected chi connectivity index (χ1v) is 3.68. The molecule has 1 aromatic carbocycles. The molecule has 1 aliphatic carbocycles. The number of hydrogen-bond acceptors (Lipinski definition) is 0. The quantitative estimate of drug-likeness (QED) is 0.476. The van der Waals surface area contributed by atoms with Gasteiger partial charge in [0.05, 0.1) is 0 Å². The molecule has 0 nitrogen and oxygen atoms in total. The van der Waals surface area contributed by atoms with E-state index in [2.05, 4.69) is 36.4 Å². The lowest BCUT2D eigenvalue weighted by Crippen LogP contribution is -1.95. The first kappa shape index (κ1) is 5.72. The van der Waals surface area contributed by atoms with Crippen LogP contribution in [0.2, 0.25) is 0 Å². The van der Waals surface area contributed by atoms with Crippen LogP contribution in [-0.2, 0) is 12.8 Å². The summed E-state index contributed by atoms with van der Waals surface area (Å²) >= 11 is 0. The van der Waals surface area contributed by atoms with Crippen molar-refractivity contribution in [3.05, 3.63) is 47.5 Å². The maximum absolute atomic E-state index is 2.24. The second kappa shape index (κ2) is 2.30. The van der Waals surface area contributed by atoms with Crippen LogP contribution in [0.15, 0.2) is 36.4 Å². The molecule has 0 spiro atoms. The minimum absolute atomic E-state index is 0. The number of rotatable bonds is 0. The average molecular weight is 132 g/mol. The summed E-state index contributed by atoms with van der Waals surface area (Å²) in [6.07, 6.45) is 6.72. The monoisotopic (exact) mass is 132 g/mol. The van der Waals surface area contributed by atoms with Gasteiger partial charge in [-0.3, -0.25) is 0 Å². The van der Waals surface area contributed by atoms with E-state index in [4.69, 9.17) is 0 Å². The number of hydrogen-bond donors (Lipinski definition) is 0. The predicted octanol–water partition coefficient (Wildman–Crippen LogP) is 2.59. The fourth-order valence-corrected chi connectivity index (χ4v) is 1.38. The van der Waals surface area contributed by atoms with E-state index in [-0.39, 0.29) is 1.43 Å². The van der Waals surface area contributed by atoms with E-state index in [0.717, 1.165) is 12.8 Å². The zero-order chi connectivity index (χ0) is 6.81. The Balaban J connectivity index is 0.000000605. The van der Waals surface area contributed by atoms with Crippen molar-refractivity contribution in [3.63, 3.8) is 0 Å². The maximum Gasteiger partial charge on any atom is 0 e. The normalized spacial score (nSPS) is 14.8. The fraction of sp³-hybridized carbons (Fsp3) is 0.200. The fourth-order valence-electron chi connectivity index (χ4n) is 1.38. The molecular formula is C10H12. The van der Waals surface area contributed by atoms with Crippen molar-refractivity contribution in [1.29, 1.82) is 0 Å². The van der Waals surface area contributed by atoms with Gasteiger partial charge in [0.1, 0.15) is 0 Å². The summed E-state index contributed by atoms with van der Waals surface area (Å²) < 4.78 is 0. The number of benzene rings is 1. The lowest BCUT2D eigenvalue weighted by molar-refractivity contribution is 1.09. The van der Waals surface area contributed by atoms with Crippen molar-refractivity contribution in [2.24, 2.45) is 0 Å². The number of fused-ring (bicyclic) bond motifs is 1. The Morgan fingerprint density at radius 1 is 0.900 bits per heavy atom. The van der Waals surface area contributed by atoms with Crippen LogP contribution in [0.4, 0.5) is 0 Å². The molecule has 0 aromatic heterocycles. The molecular weight excluding hydrogens is 120 g/mol. The Bertz CT molecular complexity index is 236. The van der Waals surface area contributed by atoms with Gasteiger partial charge in [-0.15, -0.1) is 0 Å². The van der Waals surface area contributed by atoms with Gasteiger partial charge < -0.3 is 0 Å². The summed E-state index contributed by atoms with van der Waals surface area (Å²) in [4.78, 5) is 0. The van der Waals surface area contributed by atoms with Crippen LogP contribution in [-0.4, -0.2) is 0 Å². The summed E-state index contributed by atoms with van der Waals surface area (Å²) in [7, 11) is 0. The molecule has 0 fully saturated rings. The highest BCUT2D eigenvalue weighted by atomic mass is 14.1. The molecule has 52 valence electrons. The van der Waals surface area contributed by atoms with Gasteiger partial charge in [-0.2, -0.15) is 0 Å². The highest BCUT2D eigenvalue weighted by molar-refractivity contribution is 5.33. The molecule has 0 heterocycles. The molecule has 0 atom stereocenters. The number of allylic oxidation sites excluding steroid dienone is 2. The van der Waals surface area contributed by atoms with E-state index in [9.17, 15) is 0 Å².